The minimum atomic E-state index is -0.114. The van der Waals surface area contributed by atoms with Crippen molar-refractivity contribution in [3.63, 3.8) is 0 Å². The number of Topliss-reactive ketones (excluding diaryl/α,β-unsaturated/α-hetero) is 1. The molecule has 1 N–H and O–H groups in total. The number of ketones is 1. The van der Waals surface area contributed by atoms with E-state index in [0.29, 0.717) is 24.2 Å². The molecule has 0 bridgehead atoms. The minimum absolute atomic E-state index is 0.00223. The van der Waals surface area contributed by atoms with Gasteiger partial charge >= 0.3 is 0 Å². The van der Waals surface area contributed by atoms with E-state index in [9.17, 15) is 9.59 Å². The second kappa shape index (κ2) is 7.25. The number of aryl methyl sites for hydroxylation is 3. The van der Waals surface area contributed by atoms with E-state index >= 15 is 0 Å². The van der Waals surface area contributed by atoms with Gasteiger partial charge in [-0.2, -0.15) is 5.10 Å². The molecule has 0 spiro atoms. The maximum absolute atomic E-state index is 12.2. The van der Waals surface area contributed by atoms with E-state index in [0.717, 1.165) is 16.4 Å². The maximum atomic E-state index is 12.2. The zero-order valence-electron chi connectivity index (χ0n) is 15.1. The Labute approximate surface area is 146 Å². The summed E-state index contributed by atoms with van der Waals surface area (Å²) in [7, 11) is 0. The van der Waals surface area contributed by atoms with Crippen molar-refractivity contribution in [3.05, 3.63) is 32.5 Å². The van der Waals surface area contributed by atoms with Crippen LogP contribution in [0.4, 0.5) is 0 Å². The molecule has 1 atom stereocenters. The third-order valence-electron chi connectivity index (χ3n) is 4.08. The predicted molar refractivity (Wildman–Crippen MR) is 94.5 cm³/mol. The molecule has 0 saturated carbocycles. The van der Waals surface area contributed by atoms with Crippen molar-refractivity contribution in [3.8, 4) is 0 Å². The second-order valence-corrected chi connectivity index (χ2v) is 7.41. The number of rotatable bonds is 6. The standard InChI is InChI=1S/C17H24N4O2S/c1-9(21-12(4)17(13(5)22)11(3)20-21)7-15(23)18-8-16-19-10(2)14(6)24-16/h9H,7-8H2,1-6H3,(H,18,23). The SMILES string of the molecule is CC(=O)c1c(C)nn(C(C)CC(=O)NCc2nc(C)c(C)s2)c1C. The van der Waals surface area contributed by atoms with Crippen molar-refractivity contribution >= 4 is 23.0 Å². The first-order chi connectivity index (χ1) is 11.2. The van der Waals surface area contributed by atoms with Crippen molar-refractivity contribution in [1.29, 1.82) is 0 Å². The number of aromatic nitrogens is 3. The van der Waals surface area contributed by atoms with Gasteiger partial charge in [-0.05, 0) is 41.5 Å². The van der Waals surface area contributed by atoms with Gasteiger partial charge in [-0.3, -0.25) is 14.3 Å². The lowest BCUT2D eigenvalue weighted by Gasteiger charge is -2.14. The quantitative estimate of drug-likeness (QED) is 0.814. The van der Waals surface area contributed by atoms with Gasteiger partial charge in [0.25, 0.3) is 0 Å². The molecule has 2 rings (SSSR count). The molecule has 0 aliphatic carbocycles. The summed E-state index contributed by atoms with van der Waals surface area (Å²) >= 11 is 1.60. The van der Waals surface area contributed by atoms with Gasteiger partial charge in [-0.25, -0.2) is 4.98 Å². The average Bonchev–Trinajstić information content (AvgIpc) is 2.96. The van der Waals surface area contributed by atoms with E-state index in [4.69, 9.17) is 0 Å². The summed E-state index contributed by atoms with van der Waals surface area (Å²) in [6.45, 7) is 11.6. The average molecular weight is 348 g/mol. The highest BCUT2D eigenvalue weighted by Crippen LogP contribution is 2.20. The Morgan fingerprint density at radius 2 is 1.88 bits per heavy atom. The molecule has 2 aromatic rings. The van der Waals surface area contributed by atoms with Gasteiger partial charge in [0.15, 0.2) is 5.78 Å². The largest absolute Gasteiger partial charge is 0.350 e. The fraction of sp³-hybridized carbons (Fsp3) is 0.529. The number of carbonyl (C=O) groups is 2. The highest BCUT2D eigenvalue weighted by Gasteiger charge is 2.20. The molecular formula is C17H24N4O2S. The lowest BCUT2D eigenvalue weighted by Crippen LogP contribution is -2.26. The van der Waals surface area contributed by atoms with Crippen LogP contribution in [0.3, 0.4) is 0 Å². The molecule has 2 aromatic heterocycles. The molecule has 0 aliphatic rings. The van der Waals surface area contributed by atoms with Gasteiger partial charge in [-0.15, -0.1) is 11.3 Å². The molecule has 7 heteroatoms. The number of nitrogens with zero attached hydrogens (tertiary/aromatic N) is 3. The molecule has 2 heterocycles. The molecule has 0 fully saturated rings. The Kier molecular flexibility index (Phi) is 5.54. The minimum Gasteiger partial charge on any atom is -0.350 e. The summed E-state index contributed by atoms with van der Waals surface area (Å²) in [5.74, 6) is -0.0488. The van der Waals surface area contributed by atoms with E-state index in [1.807, 2.05) is 34.6 Å². The summed E-state index contributed by atoms with van der Waals surface area (Å²) in [4.78, 5) is 29.5. The van der Waals surface area contributed by atoms with Gasteiger partial charge < -0.3 is 5.32 Å². The van der Waals surface area contributed by atoms with Crippen LogP contribution in [-0.4, -0.2) is 26.5 Å². The molecule has 1 amide bonds. The zero-order chi connectivity index (χ0) is 18.0. The Balaban J connectivity index is 1.99. The number of amides is 1. The Hall–Kier alpha value is -2.02. The fourth-order valence-corrected chi connectivity index (χ4v) is 3.69. The van der Waals surface area contributed by atoms with E-state index in [-0.39, 0.29) is 17.7 Å². The maximum Gasteiger partial charge on any atom is 0.222 e. The molecule has 130 valence electrons. The molecule has 24 heavy (non-hydrogen) atoms. The van der Waals surface area contributed by atoms with Crippen LogP contribution in [0.15, 0.2) is 0 Å². The van der Waals surface area contributed by atoms with Gasteiger partial charge in [-0.1, -0.05) is 0 Å². The Bertz CT molecular complexity index is 756. The Morgan fingerprint density at radius 3 is 2.38 bits per heavy atom. The first-order valence-corrected chi connectivity index (χ1v) is 8.78. The summed E-state index contributed by atoms with van der Waals surface area (Å²) < 4.78 is 1.77. The van der Waals surface area contributed by atoms with E-state index in [2.05, 4.69) is 15.4 Å². The first kappa shape index (κ1) is 18.3. The van der Waals surface area contributed by atoms with E-state index < -0.39 is 0 Å². The number of hydrogen-bond acceptors (Lipinski definition) is 5. The van der Waals surface area contributed by atoms with E-state index in [1.54, 1.807) is 16.0 Å². The van der Waals surface area contributed by atoms with Crippen molar-refractivity contribution in [1.82, 2.24) is 20.1 Å². The molecule has 6 nitrogen and oxygen atoms in total. The van der Waals surface area contributed by atoms with Crippen LogP contribution >= 0.6 is 11.3 Å². The zero-order valence-corrected chi connectivity index (χ0v) is 15.9. The van der Waals surface area contributed by atoms with Crippen LogP contribution in [-0.2, 0) is 11.3 Å². The van der Waals surface area contributed by atoms with Crippen LogP contribution in [0.5, 0.6) is 0 Å². The first-order valence-electron chi connectivity index (χ1n) is 7.97. The molecule has 0 radical (unpaired) electrons. The van der Waals surface area contributed by atoms with Crippen molar-refractivity contribution in [2.45, 2.75) is 60.5 Å². The van der Waals surface area contributed by atoms with Gasteiger partial charge in [0.1, 0.15) is 5.01 Å². The topological polar surface area (TPSA) is 76.9 Å². The van der Waals surface area contributed by atoms with Crippen LogP contribution in [0.25, 0.3) is 0 Å². The normalized spacial score (nSPS) is 12.2. The summed E-state index contributed by atoms with van der Waals surface area (Å²) in [6.07, 6.45) is 0.308. The molecule has 0 aromatic carbocycles. The number of thiazole rings is 1. The van der Waals surface area contributed by atoms with Crippen molar-refractivity contribution in [2.24, 2.45) is 0 Å². The third kappa shape index (κ3) is 3.90. The van der Waals surface area contributed by atoms with Crippen molar-refractivity contribution < 1.29 is 9.59 Å². The lowest BCUT2D eigenvalue weighted by molar-refractivity contribution is -0.122. The van der Waals surface area contributed by atoms with Gasteiger partial charge in [0.05, 0.1) is 29.5 Å². The smallest absolute Gasteiger partial charge is 0.222 e. The second-order valence-electron chi connectivity index (χ2n) is 6.13. The Morgan fingerprint density at radius 1 is 1.21 bits per heavy atom. The number of hydrogen-bond donors (Lipinski definition) is 1. The van der Waals surface area contributed by atoms with Gasteiger partial charge in [0.2, 0.25) is 5.91 Å². The predicted octanol–water partition coefficient (Wildman–Crippen LogP) is 3.04. The monoisotopic (exact) mass is 348 g/mol. The summed E-state index contributed by atoms with van der Waals surface area (Å²) in [5.41, 5.74) is 3.18. The van der Waals surface area contributed by atoms with Gasteiger partial charge in [0, 0.05) is 17.0 Å². The van der Waals surface area contributed by atoms with Crippen LogP contribution < -0.4 is 5.32 Å². The van der Waals surface area contributed by atoms with Crippen LogP contribution in [0.1, 0.15) is 63.6 Å². The van der Waals surface area contributed by atoms with Crippen LogP contribution in [0, 0.1) is 27.7 Å². The number of nitrogens with one attached hydrogen (secondary N) is 1. The molecule has 0 aliphatic heterocycles. The lowest BCUT2D eigenvalue weighted by atomic mass is 10.1. The summed E-state index contributed by atoms with van der Waals surface area (Å²) in [6, 6.07) is -0.114. The van der Waals surface area contributed by atoms with Crippen molar-refractivity contribution in [2.75, 3.05) is 0 Å². The summed E-state index contributed by atoms with van der Waals surface area (Å²) in [5, 5.41) is 8.24. The molecular weight excluding hydrogens is 324 g/mol. The number of carbonyl (C=O) groups excluding carboxylic acids is 2. The van der Waals surface area contributed by atoms with Crippen LogP contribution in [0.2, 0.25) is 0 Å². The molecule has 0 saturated heterocycles. The fourth-order valence-electron chi connectivity index (χ4n) is 2.82. The van der Waals surface area contributed by atoms with E-state index in [1.165, 1.54) is 11.8 Å². The highest BCUT2D eigenvalue weighted by atomic mass is 32.1. The highest BCUT2D eigenvalue weighted by molar-refractivity contribution is 7.11. The third-order valence-corrected chi connectivity index (χ3v) is 5.16. The molecule has 1 unspecified atom stereocenters.